The molecule has 0 aromatic rings. The lowest BCUT2D eigenvalue weighted by Crippen LogP contribution is -2.51. The van der Waals surface area contributed by atoms with Crippen LogP contribution >= 0.6 is 0 Å². The number of aliphatic hydroxyl groups excluding tert-OH is 4. The van der Waals surface area contributed by atoms with E-state index in [1.807, 2.05) is 0 Å². The van der Waals surface area contributed by atoms with Crippen molar-refractivity contribution in [1.82, 2.24) is 0 Å². The molecule has 0 heterocycles. The van der Waals surface area contributed by atoms with Crippen molar-refractivity contribution in [2.75, 3.05) is 0 Å². The van der Waals surface area contributed by atoms with Gasteiger partial charge in [-0.25, -0.2) is 0 Å². The molecule has 4 nitrogen and oxygen atoms in total. The second-order valence-corrected chi connectivity index (χ2v) is 3.21. The Hall–Kier alpha value is -0.160. The van der Waals surface area contributed by atoms with Gasteiger partial charge in [0.1, 0.15) is 6.10 Å². The second-order valence-electron chi connectivity index (χ2n) is 3.21. The SMILES string of the molecule is C[C@@H]1[C@@H](O)[C@@H](O)[C@@H](O)C[C@H]1O. The third kappa shape index (κ3) is 1.54. The monoisotopic (exact) mass is 162 g/mol. The van der Waals surface area contributed by atoms with Gasteiger partial charge in [0.05, 0.1) is 18.3 Å². The van der Waals surface area contributed by atoms with Gasteiger partial charge in [-0.2, -0.15) is 0 Å². The zero-order chi connectivity index (χ0) is 8.59. The zero-order valence-corrected chi connectivity index (χ0v) is 6.38. The Labute approximate surface area is 65.1 Å². The summed E-state index contributed by atoms with van der Waals surface area (Å²) in [5, 5.41) is 36.6. The Bertz CT molecular complexity index is 124. The minimum Gasteiger partial charge on any atom is -0.393 e. The van der Waals surface area contributed by atoms with Crippen LogP contribution < -0.4 is 0 Å². The van der Waals surface area contributed by atoms with Crippen LogP contribution in [-0.4, -0.2) is 44.8 Å². The smallest absolute Gasteiger partial charge is 0.106 e. The molecule has 0 aliphatic heterocycles. The zero-order valence-electron chi connectivity index (χ0n) is 6.38. The van der Waals surface area contributed by atoms with Crippen LogP contribution in [0.4, 0.5) is 0 Å². The Morgan fingerprint density at radius 3 is 2.00 bits per heavy atom. The third-order valence-electron chi connectivity index (χ3n) is 2.37. The molecular formula is C7H14O4. The van der Waals surface area contributed by atoms with E-state index in [2.05, 4.69) is 0 Å². The first-order valence-corrected chi connectivity index (χ1v) is 3.76. The summed E-state index contributed by atoms with van der Waals surface area (Å²) in [6.07, 6.45) is -3.72. The molecule has 1 saturated carbocycles. The highest BCUT2D eigenvalue weighted by Crippen LogP contribution is 2.25. The molecule has 0 saturated heterocycles. The van der Waals surface area contributed by atoms with Crippen LogP contribution in [0.5, 0.6) is 0 Å². The van der Waals surface area contributed by atoms with Gasteiger partial charge < -0.3 is 20.4 Å². The van der Waals surface area contributed by atoms with Crippen LogP contribution in [-0.2, 0) is 0 Å². The molecule has 1 fully saturated rings. The first-order chi connectivity index (χ1) is 5.04. The van der Waals surface area contributed by atoms with Crippen molar-refractivity contribution in [2.45, 2.75) is 37.8 Å². The van der Waals surface area contributed by atoms with E-state index in [9.17, 15) is 10.2 Å². The Morgan fingerprint density at radius 2 is 1.45 bits per heavy atom. The highest BCUT2D eigenvalue weighted by atomic mass is 16.4. The average Bonchev–Trinajstić information content (AvgIpc) is 1.97. The van der Waals surface area contributed by atoms with E-state index >= 15 is 0 Å². The van der Waals surface area contributed by atoms with E-state index < -0.39 is 24.4 Å². The van der Waals surface area contributed by atoms with Crippen LogP contribution in [0.25, 0.3) is 0 Å². The molecule has 5 atom stereocenters. The van der Waals surface area contributed by atoms with Gasteiger partial charge in [-0.3, -0.25) is 0 Å². The topological polar surface area (TPSA) is 80.9 Å². The predicted molar refractivity (Wildman–Crippen MR) is 37.8 cm³/mol. The van der Waals surface area contributed by atoms with Crippen molar-refractivity contribution in [3.05, 3.63) is 0 Å². The molecule has 66 valence electrons. The molecule has 1 aliphatic rings. The molecule has 0 aromatic heterocycles. The van der Waals surface area contributed by atoms with Crippen molar-refractivity contribution >= 4 is 0 Å². The molecule has 0 unspecified atom stereocenters. The van der Waals surface area contributed by atoms with Crippen molar-refractivity contribution < 1.29 is 20.4 Å². The van der Waals surface area contributed by atoms with Crippen molar-refractivity contribution in [2.24, 2.45) is 5.92 Å². The lowest BCUT2D eigenvalue weighted by atomic mass is 9.82. The Morgan fingerprint density at radius 1 is 0.909 bits per heavy atom. The summed E-state index contributed by atoms with van der Waals surface area (Å²) in [5.74, 6) is -0.367. The molecule has 0 amide bonds. The van der Waals surface area contributed by atoms with E-state index in [0.717, 1.165) is 0 Å². The highest BCUT2D eigenvalue weighted by molar-refractivity contribution is 4.90. The van der Waals surface area contributed by atoms with Crippen molar-refractivity contribution in [3.8, 4) is 0 Å². The van der Waals surface area contributed by atoms with Crippen LogP contribution in [0.3, 0.4) is 0 Å². The van der Waals surface area contributed by atoms with Crippen LogP contribution in [0.15, 0.2) is 0 Å². The fraction of sp³-hybridized carbons (Fsp3) is 1.00. The normalized spacial score (nSPS) is 52.6. The van der Waals surface area contributed by atoms with Crippen LogP contribution in [0.2, 0.25) is 0 Å². The molecule has 0 spiro atoms. The second kappa shape index (κ2) is 3.06. The maximum Gasteiger partial charge on any atom is 0.106 e. The summed E-state index contributed by atoms with van der Waals surface area (Å²) in [4.78, 5) is 0. The predicted octanol–water partition coefficient (Wildman–Crippen LogP) is -1.53. The fourth-order valence-corrected chi connectivity index (χ4v) is 1.37. The van der Waals surface area contributed by atoms with Crippen molar-refractivity contribution in [1.29, 1.82) is 0 Å². The minimum atomic E-state index is -1.12. The van der Waals surface area contributed by atoms with Gasteiger partial charge >= 0.3 is 0 Å². The quantitative estimate of drug-likeness (QED) is 0.348. The van der Waals surface area contributed by atoms with Gasteiger partial charge in [0.15, 0.2) is 0 Å². The lowest BCUT2D eigenvalue weighted by Gasteiger charge is -2.36. The van der Waals surface area contributed by atoms with Gasteiger partial charge in [0, 0.05) is 12.3 Å². The maximum absolute atomic E-state index is 9.22. The van der Waals surface area contributed by atoms with Crippen molar-refractivity contribution in [3.63, 3.8) is 0 Å². The van der Waals surface area contributed by atoms with Crippen LogP contribution in [0, 0.1) is 5.92 Å². The summed E-state index contributed by atoms with van der Waals surface area (Å²) in [5.41, 5.74) is 0. The standard InChI is InChI=1S/C7H14O4/c1-3-4(8)2-5(9)7(11)6(3)10/h3-11H,2H2,1H3/t3-,4+,5-,6+,7-/m0/s1. The van der Waals surface area contributed by atoms with Gasteiger partial charge in [0.25, 0.3) is 0 Å². The molecule has 0 bridgehead atoms. The summed E-state index contributed by atoms with van der Waals surface area (Å²) >= 11 is 0. The molecule has 4 heteroatoms. The average molecular weight is 162 g/mol. The lowest BCUT2D eigenvalue weighted by molar-refractivity contribution is -0.144. The first-order valence-electron chi connectivity index (χ1n) is 3.76. The summed E-state index contributed by atoms with van der Waals surface area (Å²) in [7, 11) is 0. The molecular weight excluding hydrogens is 148 g/mol. The number of hydrogen-bond donors (Lipinski definition) is 4. The minimum absolute atomic E-state index is 0.138. The van der Waals surface area contributed by atoms with E-state index in [4.69, 9.17) is 10.2 Å². The van der Waals surface area contributed by atoms with E-state index in [0.29, 0.717) is 0 Å². The van der Waals surface area contributed by atoms with E-state index in [-0.39, 0.29) is 12.3 Å². The largest absolute Gasteiger partial charge is 0.393 e. The number of aliphatic hydroxyl groups is 4. The van der Waals surface area contributed by atoms with Gasteiger partial charge in [0.2, 0.25) is 0 Å². The molecule has 0 radical (unpaired) electrons. The van der Waals surface area contributed by atoms with Gasteiger partial charge in [-0.1, -0.05) is 6.92 Å². The fourth-order valence-electron chi connectivity index (χ4n) is 1.37. The van der Waals surface area contributed by atoms with E-state index in [1.54, 1.807) is 6.92 Å². The first kappa shape index (κ1) is 8.93. The third-order valence-corrected chi connectivity index (χ3v) is 2.37. The Balaban J connectivity index is 2.63. The van der Waals surface area contributed by atoms with Gasteiger partial charge in [-0.15, -0.1) is 0 Å². The summed E-state index contributed by atoms with van der Waals surface area (Å²) in [6.45, 7) is 1.64. The maximum atomic E-state index is 9.22. The van der Waals surface area contributed by atoms with Gasteiger partial charge in [-0.05, 0) is 0 Å². The summed E-state index contributed by atoms with van der Waals surface area (Å²) in [6, 6.07) is 0. The van der Waals surface area contributed by atoms with Crippen LogP contribution in [0.1, 0.15) is 13.3 Å². The number of rotatable bonds is 0. The molecule has 1 aliphatic carbocycles. The van der Waals surface area contributed by atoms with E-state index in [1.165, 1.54) is 0 Å². The Kier molecular flexibility index (Phi) is 2.49. The molecule has 0 aromatic carbocycles. The number of hydrogen-bond acceptors (Lipinski definition) is 4. The molecule has 1 rings (SSSR count). The highest BCUT2D eigenvalue weighted by Gasteiger charge is 2.39. The molecule has 4 N–H and O–H groups in total. The molecule has 11 heavy (non-hydrogen) atoms. The summed E-state index contributed by atoms with van der Waals surface area (Å²) < 4.78 is 0.